The van der Waals surface area contributed by atoms with Gasteiger partial charge in [-0.2, -0.15) is 0 Å². The van der Waals surface area contributed by atoms with Crippen LogP contribution in [-0.2, 0) is 28.9 Å². The van der Waals surface area contributed by atoms with Crippen LogP contribution in [0.4, 0.5) is 5.69 Å². The van der Waals surface area contributed by atoms with E-state index in [1.807, 2.05) is 24.3 Å². The summed E-state index contributed by atoms with van der Waals surface area (Å²) in [7, 11) is 3.28. The molecule has 1 N–H and O–H groups in total. The SMILES string of the molecule is COc1cc2c(cc1OC)CC(=O)N(CC1CCCN(CCc3ccc(NC(C)=O)cc3)C1)CC2.Cl. The van der Waals surface area contributed by atoms with Gasteiger partial charge in [0.15, 0.2) is 11.5 Å². The molecule has 196 valence electrons. The second kappa shape index (κ2) is 13.0. The molecule has 1 saturated heterocycles. The van der Waals surface area contributed by atoms with E-state index in [9.17, 15) is 9.59 Å². The van der Waals surface area contributed by atoms with Crippen LogP contribution < -0.4 is 14.8 Å². The first kappa shape index (κ1) is 27.8. The first-order valence-electron chi connectivity index (χ1n) is 12.6. The van der Waals surface area contributed by atoms with Crippen molar-refractivity contribution in [3.63, 3.8) is 0 Å². The van der Waals surface area contributed by atoms with Crippen LogP contribution in [0.15, 0.2) is 36.4 Å². The Morgan fingerprint density at radius 3 is 2.42 bits per heavy atom. The second-order valence-corrected chi connectivity index (χ2v) is 9.68. The maximum Gasteiger partial charge on any atom is 0.227 e. The van der Waals surface area contributed by atoms with Crippen LogP contribution in [0.25, 0.3) is 0 Å². The molecule has 8 heteroatoms. The molecule has 4 rings (SSSR count). The molecule has 0 spiro atoms. The monoisotopic (exact) mass is 515 g/mol. The number of likely N-dealkylation sites (tertiary alicyclic amines) is 1. The Balaban J connectivity index is 0.00000361. The Kier molecular flexibility index (Phi) is 10.0. The highest BCUT2D eigenvalue weighted by Crippen LogP contribution is 2.32. The van der Waals surface area contributed by atoms with E-state index >= 15 is 0 Å². The number of carbonyl (C=O) groups is 2. The van der Waals surface area contributed by atoms with Crippen molar-refractivity contribution in [3.05, 3.63) is 53.1 Å². The van der Waals surface area contributed by atoms with Gasteiger partial charge in [-0.05, 0) is 79.1 Å². The molecule has 0 saturated carbocycles. The van der Waals surface area contributed by atoms with Gasteiger partial charge < -0.3 is 24.6 Å². The summed E-state index contributed by atoms with van der Waals surface area (Å²) in [4.78, 5) is 28.9. The Labute approximate surface area is 220 Å². The zero-order valence-electron chi connectivity index (χ0n) is 21.5. The third kappa shape index (κ3) is 7.14. The molecule has 2 aliphatic heterocycles. The van der Waals surface area contributed by atoms with Crippen LogP contribution in [0.1, 0.15) is 36.5 Å². The quantitative estimate of drug-likeness (QED) is 0.576. The number of benzene rings is 2. The van der Waals surface area contributed by atoms with Crippen LogP contribution in [-0.4, -0.2) is 68.6 Å². The largest absolute Gasteiger partial charge is 0.493 e. The fraction of sp³-hybridized carbons (Fsp3) is 0.500. The molecular formula is C28H38ClN3O4. The molecule has 2 heterocycles. The molecule has 1 atom stereocenters. The lowest BCUT2D eigenvalue weighted by Crippen LogP contribution is -2.44. The van der Waals surface area contributed by atoms with Crippen LogP contribution in [0.3, 0.4) is 0 Å². The molecule has 0 bridgehead atoms. The first-order valence-corrected chi connectivity index (χ1v) is 12.6. The molecule has 36 heavy (non-hydrogen) atoms. The van der Waals surface area contributed by atoms with Gasteiger partial charge in [0.2, 0.25) is 11.8 Å². The number of rotatable bonds is 8. The molecule has 0 aromatic heterocycles. The zero-order chi connectivity index (χ0) is 24.8. The molecule has 2 aromatic rings. The summed E-state index contributed by atoms with van der Waals surface area (Å²) in [6.07, 6.45) is 4.57. The van der Waals surface area contributed by atoms with Crippen LogP contribution >= 0.6 is 12.4 Å². The maximum absolute atomic E-state index is 13.1. The average Bonchev–Trinajstić information content (AvgIpc) is 3.00. The number of amides is 2. The number of nitrogens with one attached hydrogen (secondary N) is 1. The van der Waals surface area contributed by atoms with Crippen molar-refractivity contribution in [2.45, 2.75) is 39.0 Å². The Bertz CT molecular complexity index is 1040. The Hall–Kier alpha value is -2.77. The van der Waals surface area contributed by atoms with Crippen molar-refractivity contribution in [1.82, 2.24) is 9.80 Å². The Morgan fingerprint density at radius 1 is 1.06 bits per heavy atom. The molecule has 1 unspecified atom stereocenters. The predicted molar refractivity (Wildman–Crippen MR) is 144 cm³/mol. The van der Waals surface area contributed by atoms with Gasteiger partial charge in [0.1, 0.15) is 0 Å². The van der Waals surface area contributed by atoms with Gasteiger partial charge in [0.05, 0.1) is 20.6 Å². The molecule has 2 aromatic carbocycles. The van der Waals surface area contributed by atoms with Crippen molar-refractivity contribution in [3.8, 4) is 11.5 Å². The minimum absolute atomic E-state index is 0. The van der Waals surface area contributed by atoms with Gasteiger partial charge >= 0.3 is 0 Å². The number of methoxy groups -OCH3 is 2. The summed E-state index contributed by atoms with van der Waals surface area (Å²) in [5.41, 5.74) is 4.33. The highest BCUT2D eigenvalue weighted by atomic mass is 35.5. The summed E-state index contributed by atoms with van der Waals surface area (Å²) < 4.78 is 10.9. The number of fused-ring (bicyclic) bond motifs is 1. The predicted octanol–water partition coefficient (Wildman–Crippen LogP) is 3.97. The summed E-state index contributed by atoms with van der Waals surface area (Å²) >= 11 is 0. The summed E-state index contributed by atoms with van der Waals surface area (Å²) in [6.45, 7) is 6.24. The minimum Gasteiger partial charge on any atom is -0.493 e. The number of nitrogens with zero attached hydrogens (tertiary/aromatic N) is 2. The number of anilines is 1. The second-order valence-electron chi connectivity index (χ2n) is 9.68. The van der Waals surface area contributed by atoms with Crippen molar-refractivity contribution in [2.24, 2.45) is 5.92 Å². The normalized spacial score (nSPS) is 18.0. The van der Waals surface area contributed by atoms with E-state index in [2.05, 4.69) is 27.2 Å². The van der Waals surface area contributed by atoms with E-state index in [0.717, 1.165) is 62.6 Å². The van der Waals surface area contributed by atoms with Gasteiger partial charge in [0, 0.05) is 38.8 Å². The number of hydrogen-bond donors (Lipinski definition) is 1. The molecule has 2 aliphatic rings. The van der Waals surface area contributed by atoms with Gasteiger partial charge in [-0.25, -0.2) is 0 Å². The highest BCUT2D eigenvalue weighted by Gasteiger charge is 2.27. The van der Waals surface area contributed by atoms with Gasteiger partial charge in [-0.3, -0.25) is 9.59 Å². The summed E-state index contributed by atoms with van der Waals surface area (Å²) in [6, 6.07) is 12.1. The van der Waals surface area contributed by atoms with Crippen molar-refractivity contribution >= 4 is 29.9 Å². The number of ether oxygens (including phenoxy) is 2. The molecule has 0 radical (unpaired) electrons. The van der Waals surface area contributed by atoms with E-state index in [1.54, 1.807) is 14.2 Å². The molecule has 7 nitrogen and oxygen atoms in total. The fourth-order valence-electron chi connectivity index (χ4n) is 5.27. The van der Waals surface area contributed by atoms with E-state index in [0.29, 0.717) is 18.1 Å². The van der Waals surface area contributed by atoms with Crippen molar-refractivity contribution < 1.29 is 19.1 Å². The van der Waals surface area contributed by atoms with Crippen molar-refractivity contribution in [2.75, 3.05) is 52.3 Å². The standard InChI is InChI=1S/C28H37N3O4.ClH/c1-20(32)29-25-8-6-21(7-9-25)10-13-30-12-4-5-22(18-30)19-31-14-11-23-15-26(34-2)27(35-3)16-24(23)17-28(31)33;/h6-9,15-16,22H,4-5,10-14,17-19H2,1-3H3,(H,29,32);1H. The maximum atomic E-state index is 13.1. The van der Waals surface area contributed by atoms with Crippen molar-refractivity contribution in [1.29, 1.82) is 0 Å². The first-order chi connectivity index (χ1) is 16.9. The van der Waals surface area contributed by atoms with E-state index in [4.69, 9.17) is 9.47 Å². The van der Waals surface area contributed by atoms with E-state index in [1.165, 1.54) is 30.9 Å². The lowest BCUT2D eigenvalue weighted by Gasteiger charge is -2.35. The van der Waals surface area contributed by atoms with Crippen LogP contribution in [0.2, 0.25) is 0 Å². The smallest absolute Gasteiger partial charge is 0.227 e. The number of halogens is 1. The van der Waals surface area contributed by atoms with Gasteiger partial charge in [-0.15, -0.1) is 12.4 Å². The fourth-order valence-corrected chi connectivity index (χ4v) is 5.27. The average molecular weight is 516 g/mol. The number of hydrogen-bond acceptors (Lipinski definition) is 5. The molecule has 2 amide bonds. The van der Waals surface area contributed by atoms with Gasteiger partial charge in [-0.1, -0.05) is 12.1 Å². The lowest BCUT2D eigenvalue weighted by molar-refractivity contribution is -0.131. The summed E-state index contributed by atoms with van der Waals surface area (Å²) in [5.74, 6) is 2.05. The number of carbonyl (C=O) groups excluding carboxylic acids is 2. The van der Waals surface area contributed by atoms with Crippen LogP contribution in [0.5, 0.6) is 11.5 Å². The van der Waals surface area contributed by atoms with Crippen LogP contribution in [0, 0.1) is 5.92 Å². The third-order valence-electron chi connectivity index (χ3n) is 7.12. The summed E-state index contributed by atoms with van der Waals surface area (Å²) in [5, 5.41) is 2.81. The topological polar surface area (TPSA) is 71.1 Å². The third-order valence-corrected chi connectivity index (χ3v) is 7.12. The molecule has 1 fully saturated rings. The Morgan fingerprint density at radius 2 is 1.75 bits per heavy atom. The molecule has 0 aliphatic carbocycles. The highest BCUT2D eigenvalue weighted by molar-refractivity contribution is 5.88. The van der Waals surface area contributed by atoms with E-state index < -0.39 is 0 Å². The van der Waals surface area contributed by atoms with Gasteiger partial charge in [0.25, 0.3) is 0 Å². The molecular weight excluding hydrogens is 478 g/mol. The number of piperidine rings is 1. The zero-order valence-corrected chi connectivity index (χ0v) is 22.4. The van der Waals surface area contributed by atoms with E-state index in [-0.39, 0.29) is 24.2 Å². The lowest BCUT2D eigenvalue weighted by atomic mass is 9.96. The minimum atomic E-state index is -0.0525.